The van der Waals surface area contributed by atoms with Crippen molar-refractivity contribution in [3.05, 3.63) is 58.9 Å². The standard InChI is InChI=1S/C22H26N2O6/c1-15-12-18(16(2)24(15)11-7-10-20(26)29-3)19(25)14-30-21(27)13-23-22(28)17-8-5-4-6-9-17/h4-6,8-9,12H,7,10-11,13-14H2,1-3H3,(H,23,28). The van der Waals surface area contributed by atoms with Crippen LogP contribution in [0.25, 0.3) is 0 Å². The van der Waals surface area contributed by atoms with Crippen LogP contribution in [-0.2, 0) is 25.6 Å². The summed E-state index contributed by atoms with van der Waals surface area (Å²) >= 11 is 0. The van der Waals surface area contributed by atoms with Gasteiger partial charge in [0.2, 0.25) is 5.78 Å². The van der Waals surface area contributed by atoms with E-state index in [1.807, 2.05) is 11.5 Å². The third-order valence-electron chi connectivity index (χ3n) is 4.66. The van der Waals surface area contributed by atoms with Gasteiger partial charge in [0.1, 0.15) is 6.54 Å². The van der Waals surface area contributed by atoms with E-state index in [2.05, 4.69) is 10.1 Å². The van der Waals surface area contributed by atoms with Crippen molar-refractivity contribution in [1.29, 1.82) is 0 Å². The third kappa shape index (κ3) is 6.30. The molecule has 0 aliphatic carbocycles. The smallest absolute Gasteiger partial charge is 0.325 e. The van der Waals surface area contributed by atoms with Crippen molar-refractivity contribution in [2.75, 3.05) is 20.3 Å². The SMILES string of the molecule is COC(=O)CCCn1c(C)cc(C(=O)COC(=O)CNC(=O)c2ccccc2)c1C. The number of hydrogen-bond donors (Lipinski definition) is 1. The Morgan fingerprint density at radius 1 is 1.03 bits per heavy atom. The fraction of sp³-hybridized carbons (Fsp3) is 0.364. The highest BCUT2D eigenvalue weighted by Gasteiger charge is 2.18. The van der Waals surface area contributed by atoms with E-state index in [0.29, 0.717) is 30.5 Å². The van der Waals surface area contributed by atoms with E-state index >= 15 is 0 Å². The lowest BCUT2D eigenvalue weighted by molar-refractivity contribution is -0.141. The van der Waals surface area contributed by atoms with Gasteiger partial charge in [-0.15, -0.1) is 0 Å². The lowest BCUT2D eigenvalue weighted by Gasteiger charge is -2.09. The molecule has 0 saturated carbocycles. The number of carbonyl (C=O) groups excluding carboxylic acids is 4. The van der Waals surface area contributed by atoms with Gasteiger partial charge < -0.3 is 19.4 Å². The fourth-order valence-electron chi connectivity index (χ4n) is 3.03. The minimum atomic E-state index is -0.695. The molecule has 2 rings (SSSR count). The second-order valence-electron chi connectivity index (χ2n) is 6.75. The van der Waals surface area contributed by atoms with Crippen LogP contribution in [0.5, 0.6) is 0 Å². The molecule has 0 bridgehead atoms. The molecule has 8 heteroatoms. The molecule has 0 aliphatic rings. The van der Waals surface area contributed by atoms with Gasteiger partial charge in [-0.25, -0.2) is 0 Å². The number of aromatic nitrogens is 1. The summed E-state index contributed by atoms with van der Waals surface area (Å²) in [7, 11) is 1.35. The quantitative estimate of drug-likeness (QED) is 0.472. The Hall–Kier alpha value is -3.42. The minimum Gasteiger partial charge on any atom is -0.469 e. The van der Waals surface area contributed by atoms with Gasteiger partial charge in [-0.1, -0.05) is 18.2 Å². The van der Waals surface area contributed by atoms with Crippen LogP contribution in [-0.4, -0.2) is 48.5 Å². The first-order valence-corrected chi connectivity index (χ1v) is 9.59. The molecule has 0 radical (unpaired) electrons. The average molecular weight is 414 g/mol. The Bertz CT molecular complexity index is 917. The van der Waals surface area contributed by atoms with Crippen LogP contribution < -0.4 is 5.32 Å². The highest BCUT2D eigenvalue weighted by Crippen LogP contribution is 2.17. The number of amides is 1. The number of rotatable bonds is 10. The molecule has 0 spiro atoms. The van der Waals surface area contributed by atoms with Crippen LogP contribution in [0.2, 0.25) is 0 Å². The minimum absolute atomic E-state index is 0.278. The maximum Gasteiger partial charge on any atom is 0.325 e. The zero-order valence-corrected chi connectivity index (χ0v) is 17.4. The summed E-state index contributed by atoms with van der Waals surface area (Å²) in [5.74, 6) is -1.70. The molecule has 160 valence electrons. The van der Waals surface area contributed by atoms with Gasteiger partial charge in [0.05, 0.1) is 7.11 Å². The number of benzene rings is 1. The monoisotopic (exact) mass is 414 g/mol. The summed E-state index contributed by atoms with van der Waals surface area (Å²) in [4.78, 5) is 47.5. The van der Waals surface area contributed by atoms with E-state index in [0.717, 1.165) is 11.4 Å². The molecule has 1 amide bonds. The first-order chi connectivity index (χ1) is 14.3. The summed E-state index contributed by atoms with van der Waals surface area (Å²) < 4.78 is 11.6. The van der Waals surface area contributed by atoms with E-state index in [9.17, 15) is 19.2 Å². The number of aryl methyl sites for hydroxylation is 1. The fourth-order valence-corrected chi connectivity index (χ4v) is 3.03. The topological polar surface area (TPSA) is 104 Å². The molecular formula is C22H26N2O6. The van der Waals surface area contributed by atoms with E-state index in [-0.39, 0.29) is 18.3 Å². The van der Waals surface area contributed by atoms with E-state index < -0.39 is 18.5 Å². The molecule has 0 unspecified atom stereocenters. The summed E-state index contributed by atoms with van der Waals surface area (Å²) in [5, 5.41) is 2.46. The maximum absolute atomic E-state index is 12.5. The summed E-state index contributed by atoms with van der Waals surface area (Å²) in [6.07, 6.45) is 0.885. The molecule has 1 heterocycles. The maximum atomic E-state index is 12.5. The van der Waals surface area contributed by atoms with Gasteiger partial charge in [-0.05, 0) is 38.5 Å². The van der Waals surface area contributed by atoms with Crippen LogP contribution in [0, 0.1) is 13.8 Å². The Kier molecular flexibility index (Phi) is 8.34. The molecule has 2 aromatic rings. The summed E-state index contributed by atoms with van der Waals surface area (Å²) in [6, 6.07) is 10.2. The molecule has 0 aliphatic heterocycles. The Labute approximate surface area is 175 Å². The number of esters is 2. The van der Waals surface area contributed by atoms with Gasteiger partial charge in [0.15, 0.2) is 6.61 Å². The summed E-state index contributed by atoms with van der Waals surface area (Å²) in [5.41, 5.74) is 2.52. The Balaban J connectivity index is 1.84. The van der Waals surface area contributed by atoms with Crippen molar-refractivity contribution in [1.82, 2.24) is 9.88 Å². The second-order valence-corrected chi connectivity index (χ2v) is 6.75. The van der Waals surface area contributed by atoms with E-state index in [4.69, 9.17) is 4.74 Å². The predicted molar refractivity (Wildman–Crippen MR) is 109 cm³/mol. The number of hydrogen-bond acceptors (Lipinski definition) is 6. The molecule has 1 aromatic heterocycles. The highest BCUT2D eigenvalue weighted by atomic mass is 16.5. The molecule has 0 fully saturated rings. The molecule has 1 aromatic carbocycles. The first-order valence-electron chi connectivity index (χ1n) is 9.59. The number of nitrogens with one attached hydrogen (secondary N) is 1. The number of nitrogens with zero attached hydrogens (tertiary/aromatic N) is 1. The number of methoxy groups -OCH3 is 1. The zero-order valence-electron chi connectivity index (χ0n) is 17.4. The lowest BCUT2D eigenvalue weighted by Crippen LogP contribution is -2.31. The predicted octanol–water partition coefficient (Wildman–Crippen LogP) is 2.21. The Morgan fingerprint density at radius 2 is 1.73 bits per heavy atom. The van der Waals surface area contributed by atoms with Crippen molar-refractivity contribution >= 4 is 23.6 Å². The van der Waals surface area contributed by atoms with Crippen LogP contribution in [0.4, 0.5) is 0 Å². The van der Waals surface area contributed by atoms with E-state index in [1.54, 1.807) is 43.3 Å². The second kappa shape index (κ2) is 10.9. The van der Waals surface area contributed by atoms with Gasteiger partial charge in [0, 0.05) is 35.5 Å². The summed E-state index contributed by atoms with van der Waals surface area (Å²) in [6.45, 7) is 3.51. The molecule has 1 N–H and O–H groups in total. The molecule has 30 heavy (non-hydrogen) atoms. The zero-order chi connectivity index (χ0) is 22.1. The van der Waals surface area contributed by atoms with Gasteiger partial charge >= 0.3 is 11.9 Å². The number of Topliss-reactive ketones (excluding diaryl/α,β-unsaturated/α-hetero) is 1. The van der Waals surface area contributed by atoms with Crippen LogP contribution >= 0.6 is 0 Å². The molecular weight excluding hydrogens is 388 g/mol. The van der Waals surface area contributed by atoms with Crippen LogP contribution in [0.1, 0.15) is 44.9 Å². The van der Waals surface area contributed by atoms with Gasteiger partial charge in [-0.2, -0.15) is 0 Å². The third-order valence-corrected chi connectivity index (χ3v) is 4.66. The molecule has 0 saturated heterocycles. The number of ether oxygens (including phenoxy) is 2. The lowest BCUT2D eigenvalue weighted by atomic mass is 10.1. The van der Waals surface area contributed by atoms with Crippen LogP contribution in [0.15, 0.2) is 36.4 Å². The van der Waals surface area contributed by atoms with Gasteiger partial charge in [-0.3, -0.25) is 19.2 Å². The molecule has 0 atom stereocenters. The molecule has 8 nitrogen and oxygen atoms in total. The number of carbonyl (C=O) groups is 4. The van der Waals surface area contributed by atoms with Crippen molar-refractivity contribution in [3.8, 4) is 0 Å². The highest BCUT2D eigenvalue weighted by molar-refractivity contribution is 6.00. The number of ketones is 1. The first kappa shape index (κ1) is 22.9. The Morgan fingerprint density at radius 3 is 2.40 bits per heavy atom. The van der Waals surface area contributed by atoms with Crippen molar-refractivity contribution in [3.63, 3.8) is 0 Å². The van der Waals surface area contributed by atoms with Crippen molar-refractivity contribution < 1.29 is 28.7 Å². The van der Waals surface area contributed by atoms with E-state index in [1.165, 1.54) is 7.11 Å². The van der Waals surface area contributed by atoms with Crippen molar-refractivity contribution in [2.24, 2.45) is 0 Å². The van der Waals surface area contributed by atoms with Crippen LogP contribution in [0.3, 0.4) is 0 Å². The van der Waals surface area contributed by atoms with Crippen molar-refractivity contribution in [2.45, 2.75) is 33.2 Å². The average Bonchev–Trinajstić information content (AvgIpc) is 3.04. The van der Waals surface area contributed by atoms with Gasteiger partial charge in [0.25, 0.3) is 5.91 Å². The normalized spacial score (nSPS) is 10.4. The largest absolute Gasteiger partial charge is 0.469 e.